The van der Waals surface area contributed by atoms with E-state index in [1.54, 1.807) is 13.8 Å². The highest BCUT2D eigenvalue weighted by Crippen LogP contribution is 2.33. The maximum atomic E-state index is 12.3. The number of benzene rings is 1. The molecule has 2 N–H and O–H groups in total. The van der Waals surface area contributed by atoms with E-state index in [0.717, 1.165) is 10.9 Å². The molecule has 5 heteroatoms. The molecule has 1 aromatic carbocycles. The maximum Gasteiger partial charge on any atom is 0.307 e. The van der Waals surface area contributed by atoms with Gasteiger partial charge in [-0.2, -0.15) is 0 Å². The van der Waals surface area contributed by atoms with Crippen LogP contribution in [0.1, 0.15) is 20.3 Å². The molecule has 5 nitrogen and oxygen atoms in total. The van der Waals surface area contributed by atoms with Crippen molar-refractivity contribution in [2.24, 2.45) is 5.92 Å². The molecule has 2 heterocycles. The zero-order chi connectivity index (χ0) is 14.3. The molecule has 0 spiro atoms. The Bertz CT molecular complexity index is 687. The number of aromatic nitrogens is 1. The Morgan fingerprint density at radius 2 is 2.20 bits per heavy atom. The minimum atomic E-state index is -0.752. The summed E-state index contributed by atoms with van der Waals surface area (Å²) in [6.07, 6.45) is 1.98. The molecule has 104 valence electrons. The van der Waals surface area contributed by atoms with Crippen molar-refractivity contribution in [2.75, 3.05) is 5.32 Å². The number of H-pyrrole nitrogens is 1. The number of fused-ring (bicyclic) bond motifs is 1. The van der Waals surface area contributed by atoms with Gasteiger partial charge in [-0.15, -0.1) is 0 Å². The number of rotatable bonds is 2. The van der Waals surface area contributed by atoms with E-state index in [1.165, 1.54) is 0 Å². The van der Waals surface area contributed by atoms with Gasteiger partial charge in [-0.05, 0) is 37.4 Å². The Morgan fingerprint density at radius 1 is 1.40 bits per heavy atom. The van der Waals surface area contributed by atoms with Crippen molar-refractivity contribution in [1.29, 1.82) is 0 Å². The van der Waals surface area contributed by atoms with Gasteiger partial charge >= 0.3 is 5.97 Å². The Hall–Kier alpha value is -2.30. The zero-order valence-corrected chi connectivity index (χ0v) is 11.4. The number of hydrogen-bond donors (Lipinski definition) is 2. The van der Waals surface area contributed by atoms with Crippen LogP contribution >= 0.6 is 0 Å². The van der Waals surface area contributed by atoms with Crippen LogP contribution in [-0.4, -0.2) is 22.5 Å². The van der Waals surface area contributed by atoms with E-state index in [9.17, 15) is 9.59 Å². The molecule has 0 radical (unpaired) electrons. The third kappa shape index (κ3) is 2.15. The molecule has 1 aromatic heterocycles. The smallest absolute Gasteiger partial charge is 0.307 e. The van der Waals surface area contributed by atoms with E-state index in [1.807, 2.05) is 30.5 Å². The average Bonchev–Trinajstić information content (AvgIpc) is 2.92. The molecule has 1 aliphatic heterocycles. The van der Waals surface area contributed by atoms with Crippen molar-refractivity contribution in [2.45, 2.75) is 25.9 Å². The molecular formula is C15H16N2O3. The molecule has 0 saturated carbocycles. The van der Waals surface area contributed by atoms with E-state index in [2.05, 4.69) is 10.3 Å². The molecule has 1 aliphatic rings. The highest BCUT2D eigenvalue weighted by Gasteiger charge is 2.46. The minimum Gasteiger partial charge on any atom is -0.459 e. The SMILES string of the molecule is CC1(C)OC(=O)CC1C(=O)Nc1ccc2cc[nH]c2c1. The van der Waals surface area contributed by atoms with E-state index in [0.29, 0.717) is 5.69 Å². The summed E-state index contributed by atoms with van der Waals surface area (Å²) in [6, 6.07) is 7.62. The Balaban J connectivity index is 1.80. The van der Waals surface area contributed by atoms with Gasteiger partial charge in [-0.25, -0.2) is 0 Å². The van der Waals surface area contributed by atoms with Crippen molar-refractivity contribution in [3.8, 4) is 0 Å². The Labute approximate surface area is 116 Å². The lowest BCUT2D eigenvalue weighted by atomic mass is 9.90. The monoisotopic (exact) mass is 272 g/mol. The van der Waals surface area contributed by atoms with Crippen LogP contribution < -0.4 is 5.32 Å². The Morgan fingerprint density at radius 3 is 2.90 bits per heavy atom. The van der Waals surface area contributed by atoms with Gasteiger partial charge in [-0.3, -0.25) is 9.59 Å². The van der Waals surface area contributed by atoms with Crippen LogP contribution in [0.5, 0.6) is 0 Å². The summed E-state index contributed by atoms with van der Waals surface area (Å²) in [5.41, 5.74) is 0.915. The first kappa shape index (κ1) is 12.7. The first-order valence-electron chi connectivity index (χ1n) is 6.55. The number of carbonyl (C=O) groups excluding carboxylic acids is 2. The first-order chi connectivity index (χ1) is 9.45. The molecule has 0 bridgehead atoms. The largest absolute Gasteiger partial charge is 0.459 e. The maximum absolute atomic E-state index is 12.3. The van der Waals surface area contributed by atoms with Crippen LogP contribution in [0, 0.1) is 5.92 Å². The number of ether oxygens (including phenoxy) is 1. The van der Waals surface area contributed by atoms with E-state index < -0.39 is 11.5 Å². The van der Waals surface area contributed by atoms with Gasteiger partial charge in [-0.1, -0.05) is 6.07 Å². The molecule has 1 unspecified atom stereocenters. The summed E-state index contributed by atoms with van der Waals surface area (Å²) in [4.78, 5) is 26.8. The van der Waals surface area contributed by atoms with Gasteiger partial charge in [0.25, 0.3) is 0 Å². The third-order valence-corrected chi connectivity index (χ3v) is 3.73. The van der Waals surface area contributed by atoms with Gasteiger partial charge in [0.1, 0.15) is 5.60 Å². The fourth-order valence-electron chi connectivity index (χ4n) is 2.58. The van der Waals surface area contributed by atoms with Crippen LogP contribution in [0.2, 0.25) is 0 Å². The lowest BCUT2D eigenvalue weighted by Gasteiger charge is -2.23. The van der Waals surface area contributed by atoms with Crippen molar-refractivity contribution >= 4 is 28.5 Å². The standard InChI is InChI=1S/C15H16N2O3/c1-15(2)11(8-13(18)20-15)14(19)17-10-4-3-9-5-6-16-12(9)7-10/h3-7,11,16H,8H2,1-2H3,(H,17,19). The van der Waals surface area contributed by atoms with E-state index in [-0.39, 0.29) is 18.3 Å². The summed E-state index contributed by atoms with van der Waals surface area (Å²) >= 11 is 0. The number of esters is 1. The lowest BCUT2D eigenvalue weighted by Crippen LogP contribution is -2.36. The highest BCUT2D eigenvalue weighted by molar-refractivity contribution is 5.98. The van der Waals surface area contributed by atoms with Gasteiger partial charge in [0, 0.05) is 17.4 Å². The second-order valence-corrected chi connectivity index (χ2v) is 5.60. The molecule has 1 saturated heterocycles. The summed E-state index contributed by atoms with van der Waals surface area (Å²) in [6.45, 7) is 3.52. The molecule has 2 aromatic rings. The third-order valence-electron chi connectivity index (χ3n) is 3.73. The normalized spacial score (nSPS) is 20.9. The lowest BCUT2D eigenvalue weighted by molar-refractivity contribution is -0.147. The molecule has 1 atom stereocenters. The summed E-state index contributed by atoms with van der Waals surface area (Å²) in [7, 11) is 0. The quantitative estimate of drug-likeness (QED) is 0.825. The van der Waals surface area contributed by atoms with E-state index in [4.69, 9.17) is 4.74 Å². The van der Waals surface area contributed by atoms with Gasteiger partial charge in [0.2, 0.25) is 5.91 Å². The number of nitrogens with one attached hydrogen (secondary N) is 2. The first-order valence-corrected chi connectivity index (χ1v) is 6.55. The second-order valence-electron chi connectivity index (χ2n) is 5.60. The van der Waals surface area contributed by atoms with Gasteiger partial charge in [0.05, 0.1) is 12.3 Å². The predicted octanol–water partition coefficient (Wildman–Crippen LogP) is 2.45. The van der Waals surface area contributed by atoms with Crippen LogP contribution in [0.4, 0.5) is 5.69 Å². The summed E-state index contributed by atoms with van der Waals surface area (Å²) in [5.74, 6) is -0.976. The van der Waals surface area contributed by atoms with Crippen molar-refractivity contribution < 1.29 is 14.3 Å². The molecular weight excluding hydrogens is 256 g/mol. The number of carbonyl (C=O) groups is 2. The Kier molecular flexibility index (Phi) is 2.78. The van der Waals surface area contributed by atoms with Gasteiger partial charge in [0.15, 0.2) is 0 Å². The van der Waals surface area contributed by atoms with Crippen LogP contribution in [0.3, 0.4) is 0 Å². The summed E-state index contributed by atoms with van der Waals surface area (Å²) in [5, 5.41) is 3.94. The number of aromatic amines is 1. The fourth-order valence-corrected chi connectivity index (χ4v) is 2.58. The number of hydrogen-bond acceptors (Lipinski definition) is 3. The van der Waals surface area contributed by atoms with Gasteiger partial charge < -0.3 is 15.0 Å². The van der Waals surface area contributed by atoms with Crippen LogP contribution in [-0.2, 0) is 14.3 Å². The number of cyclic esters (lactones) is 1. The van der Waals surface area contributed by atoms with Crippen LogP contribution in [0.25, 0.3) is 10.9 Å². The zero-order valence-electron chi connectivity index (χ0n) is 11.4. The highest BCUT2D eigenvalue weighted by atomic mass is 16.6. The fraction of sp³-hybridized carbons (Fsp3) is 0.333. The molecule has 3 rings (SSSR count). The topological polar surface area (TPSA) is 71.2 Å². The molecule has 1 fully saturated rings. The van der Waals surface area contributed by atoms with Crippen LogP contribution in [0.15, 0.2) is 30.5 Å². The van der Waals surface area contributed by atoms with E-state index >= 15 is 0 Å². The number of anilines is 1. The second kappa shape index (κ2) is 4.37. The van der Waals surface area contributed by atoms with Crippen molar-refractivity contribution in [1.82, 2.24) is 4.98 Å². The number of amides is 1. The average molecular weight is 272 g/mol. The summed E-state index contributed by atoms with van der Waals surface area (Å²) < 4.78 is 5.17. The molecule has 20 heavy (non-hydrogen) atoms. The van der Waals surface area contributed by atoms with Crippen molar-refractivity contribution in [3.63, 3.8) is 0 Å². The predicted molar refractivity (Wildman–Crippen MR) is 75.2 cm³/mol. The minimum absolute atomic E-state index is 0.129. The van der Waals surface area contributed by atoms with Crippen molar-refractivity contribution in [3.05, 3.63) is 30.5 Å². The molecule has 1 amide bonds. The molecule has 0 aliphatic carbocycles.